The van der Waals surface area contributed by atoms with Crippen LogP contribution in [-0.4, -0.2) is 26.6 Å². The summed E-state index contributed by atoms with van der Waals surface area (Å²) in [6.07, 6.45) is 0. The van der Waals surface area contributed by atoms with Crippen LogP contribution >= 0.6 is 23.4 Å². The van der Waals surface area contributed by atoms with Crippen molar-refractivity contribution in [3.8, 4) is 0 Å². The Bertz CT molecular complexity index is 945. The quantitative estimate of drug-likeness (QED) is 0.854. The minimum absolute atomic E-state index is 0.102. The van der Waals surface area contributed by atoms with Gasteiger partial charge in [-0.3, -0.25) is 9.52 Å². The van der Waals surface area contributed by atoms with Gasteiger partial charge in [-0.1, -0.05) is 17.7 Å². The van der Waals surface area contributed by atoms with Crippen molar-refractivity contribution in [1.82, 2.24) is 0 Å². The molecule has 0 aromatic heterocycles. The fourth-order valence-corrected chi connectivity index (χ4v) is 4.79. The number of fused-ring (bicyclic) bond motifs is 1. The lowest BCUT2D eigenvalue weighted by Crippen LogP contribution is -2.33. The number of nitrogens with zero attached hydrogens (tertiary/aromatic N) is 1. The molecule has 0 unspecified atom stereocenters. The van der Waals surface area contributed by atoms with Crippen LogP contribution in [-0.2, 0) is 14.8 Å². The molecule has 1 amide bonds. The molecule has 0 radical (unpaired) electrons. The van der Waals surface area contributed by atoms with E-state index in [1.807, 2.05) is 6.92 Å². The van der Waals surface area contributed by atoms with Gasteiger partial charge in [0.1, 0.15) is 0 Å². The monoisotopic (exact) mass is 396 g/mol. The Morgan fingerprint density at radius 1 is 1.24 bits per heavy atom. The smallest absolute Gasteiger partial charge is 0.261 e. The molecule has 1 N–H and O–H groups in total. The Morgan fingerprint density at radius 3 is 2.68 bits per heavy atom. The van der Waals surface area contributed by atoms with Crippen molar-refractivity contribution in [3.63, 3.8) is 0 Å². The number of benzene rings is 2. The highest BCUT2D eigenvalue weighted by atomic mass is 35.5. The molecule has 0 saturated carbocycles. The van der Waals surface area contributed by atoms with E-state index in [0.29, 0.717) is 22.9 Å². The summed E-state index contributed by atoms with van der Waals surface area (Å²) in [6.45, 7) is 3.89. The number of nitrogens with one attached hydrogen (secondary N) is 1. The maximum atomic E-state index is 12.7. The van der Waals surface area contributed by atoms with Crippen molar-refractivity contribution in [2.24, 2.45) is 0 Å². The van der Waals surface area contributed by atoms with E-state index in [9.17, 15) is 13.2 Å². The zero-order valence-corrected chi connectivity index (χ0v) is 16.1. The number of carbonyl (C=O) groups excluding carboxylic acids is 1. The molecule has 0 saturated heterocycles. The van der Waals surface area contributed by atoms with Gasteiger partial charge < -0.3 is 4.90 Å². The molecule has 0 fully saturated rings. The van der Waals surface area contributed by atoms with Gasteiger partial charge in [0.05, 0.1) is 16.3 Å². The molecule has 25 heavy (non-hydrogen) atoms. The van der Waals surface area contributed by atoms with Crippen LogP contribution in [0.1, 0.15) is 12.5 Å². The number of amides is 1. The average molecular weight is 397 g/mol. The van der Waals surface area contributed by atoms with Crippen molar-refractivity contribution in [3.05, 3.63) is 47.0 Å². The first kappa shape index (κ1) is 18.1. The van der Waals surface area contributed by atoms with Gasteiger partial charge in [0.25, 0.3) is 10.0 Å². The standard InChI is InChI=1S/C17H17ClN2O3S2/c1-11-3-4-13(9-15(11)18)19-25(22,23)14-5-6-17-16(10-14)20(12(2)21)7-8-24-17/h3-6,9-10,19H,7-8H2,1-2H3. The number of anilines is 2. The highest BCUT2D eigenvalue weighted by molar-refractivity contribution is 7.99. The molecule has 0 bridgehead atoms. The molecule has 2 aromatic rings. The molecule has 3 rings (SSSR count). The molecule has 1 heterocycles. The molecular formula is C17H17ClN2O3S2. The third-order valence-corrected chi connectivity index (χ3v) is 6.74. The normalized spacial score (nSPS) is 14.1. The number of rotatable bonds is 3. The second-order valence-electron chi connectivity index (χ2n) is 5.72. The molecule has 0 spiro atoms. The molecule has 8 heteroatoms. The van der Waals surface area contributed by atoms with Crippen LogP contribution in [0.2, 0.25) is 5.02 Å². The van der Waals surface area contributed by atoms with E-state index in [2.05, 4.69) is 4.72 Å². The minimum atomic E-state index is -3.78. The number of aryl methyl sites for hydroxylation is 1. The molecule has 0 atom stereocenters. The highest BCUT2D eigenvalue weighted by Gasteiger charge is 2.24. The fraction of sp³-hybridized carbons (Fsp3) is 0.235. The number of hydrogen-bond donors (Lipinski definition) is 1. The maximum Gasteiger partial charge on any atom is 0.261 e. The van der Waals surface area contributed by atoms with Crippen molar-refractivity contribution < 1.29 is 13.2 Å². The van der Waals surface area contributed by atoms with Crippen LogP contribution in [0.25, 0.3) is 0 Å². The Labute approximate surface area is 156 Å². The van der Waals surface area contributed by atoms with E-state index in [1.165, 1.54) is 6.92 Å². The van der Waals surface area contributed by atoms with Crippen LogP contribution in [0.3, 0.4) is 0 Å². The zero-order chi connectivity index (χ0) is 18.2. The first-order chi connectivity index (χ1) is 11.8. The van der Waals surface area contributed by atoms with Crippen LogP contribution in [0.5, 0.6) is 0 Å². The minimum Gasteiger partial charge on any atom is -0.311 e. The maximum absolute atomic E-state index is 12.7. The van der Waals surface area contributed by atoms with Crippen molar-refractivity contribution in [1.29, 1.82) is 0 Å². The third kappa shape index (κ3) is 3.78. The van der Waals surface area contributed by atoms with Crippen LogP contribution < -0.4 is 9.62 Å². The first-order valence-electron chi connectivity index (χ1n) is 7.62. The number of hydrogen-bond acceptors (Lipinski definition) is 4. The highest BCUT2D eigenvalue weighted by Crippen LogP contribution is 2.36. The van der Waals surface area contributed by atoms with Gasteiger partial charge in [0.2, 0.25) is 5.91 Å². The first-order valence-corrected chi connectivity index (χ1v) is 10.5. The summed E-state index contributed by atoms with van der Waals surface area (Å²) in [5.74, 6) is 0.688. The Hall–Kier alpha value is -1.70. The summed E-state index contributed by atoms with van der Waals surface area (Å²) in [7, 11) is -3.78. The number of halogens is 1. The van der Waals surface area contributed by atoms with Gasteiger partial charge in [-0.2, -0.15) is 0 Å². The van der Waals surface area contributed by atoms with Gasteiger partial charge in [0.15, 0.2) is 0 Å². The second kappa shape index (κ2) is 6.90. The average Bonchev–Trinajstić information content (AvgIpc) is 2.56. The van der Waals surface area contributed by atoms with E-state index < -0.39 is 10.0 Å². The van der Waals surface area contributed by atoms with Crippen LogP contribution in [0.15, 0.2) is 46.2 Å². The van der Waals surface area contributed by atoms with Crippen molar-refractivity contribution in [2.75, 3.05) is 21.9 Å². The summed E-state index contributed by atoms with van der Waals surface area (Å²) in [5.41, 5.74) is 1.90. The van der Waals surface area contributed by atoms with E-state index in [1.54, 1.807) is 53.1 Å². The predicted molar refractivity (Wildman–Crippen MR) is 102 cm³/mol. The van der Waals surface area contributed by atoms with E-state index >= 15 is 0 Å². The van der Waals surface area contributed by atoms with Gasteiger partial charge in [-0.05, 0) is 42.8 Å². The SMILES string of the molecule is CC(=O)N1CCSc2ccc(S(=O)(=O)Nc3ccc(C)c(Cl)c3)cc21. The van der Waals surface area contributed by atoms with E-state index in [0.717, 1.165) is 16.2 Å². The van der Waals surface area contributed by atoms with E-state index in [4.69, 9.17) is 11.6 Å². The molecule has 5 nitrogen and oxygen atoms in total. The molecule has 2 aromatic carbocycles. The van der Waals surface area contributed by atoms with Crippen LogP contribution in [0.4, 0.5) is 11.4 Å². The lowest BCUT2D eigenvalue weighted by molar-refractivity contribution is -0.116. The van der Waals surface area contributed by atoms with Gasteiger partial charge >= 0.3 is 0 Å². The third-order valence-electron chi connectivity index (χ3n) is 3.91. The molecule has 1 aliphatic heterocycles. The van der Waals surface area contributed by atoms with Crippen molar-refractivity contribution in [2.45, 2.75) is 23.6 Å². The van der Waals surface area contributed by atoms with Gasteiger partial charge in [-0.25, -0.2) is 8.42 Å². The molecule has 0 aliphatic carbocycles. The van der Waals surface area contributed by atoms with Crippen molar-refractivity contribution >= 4 is 50.7 Å². The van der Waals surface area contributed by atoms with E-state index in [-0.39, 0.29) is 10.8 Å². The number of sulfonamides is 1. The summed E-state index contributed by atoms with van der Waals surface area (Å²) < 4.78 is 27.9. The molecule has 132 valence electrons. The number of carbonyl (C=O) groups is 1. The van der Waals surface area contributed by atoms with Gasteiger partial charge in [-0.15, -0.1) is 11.8 Å². The zero-order valence-electron chi connectivity index (χ0n) is 13.7. The lowest BCUT2D eigenvalue weighted by atomic mass is 10.2. The lowest BCUT2D eigenvalue weighted by Gasteiger charge is -2.28. The Morgan fingerprint density at radius 2 is 2.00 bits per heavy atom. The number of thioether (sulfide) groups is 1. The largest absolute Gasteiger partial charge is 0.311 e. The summed E-state index contributed by atoms with van der Waals surface area (Å²) in [4.78, 5) is 14.4. The van der Waals surface area contributed by atoms with Gasteiger partial charge in [0, 0.05) is 29.1 Å². The van der Waals surface area contributed by atoms with Crippen LogP contribution in [0, 0.1) is 6.92 Å². The topological polar surface area (TPSA) is 66.5 Å². The Balaban J connectivity index is 1.96. The second-order valence-corrected chi connectivity index (χ2v) is 8.94. The molecule has 1 aliphatic rings. The predicted octanol–water partition coefficient (Wildman–Crippen LogP) is 3.91. The summed E-state index contributed by atoms with van der Waals surface area (Å²) >= 11 is 7.67. The summed E-state index contributed by atoms with van der Waals surface area (Å²) in [5, 5.41) is 0.491. The Kier molecular flexibility index (Phi) is 4.99. The molecular weight excluding hydrogens is 380 g/mol. The fourth-order valence-electron chi connectivity index (χ4n) is 2.56. The summed E-state index contributed by atoms with van der Waals surface area (Å²) in [6, 6.07) is 9.82.